The third-order valence-electron chi connectivity index (χ3n) is 8.08. The first-order valence-corrected chi connectivity index (χ1v) is 10.9. The van der Waals surface area contributed by atoms with Crippen molar-refractivity contribution in [2.75, 3.05) is 0 Å². The summed E-state index contributed by atoms with van der Waals surface area (Å²) in [6.45, 7) is 6.91. The van der Waals surface area contributed by atoms with Crippen LogP contribution in [0.5, 0.6) is 0 Å². The second kappa shape index (κ2) is 6.29. The highest BCUT2D eigenvalue weighted by atomic mass is 16.2. The minimum atomic E-state index is -0.235. The fraction of sp³-hybridized carbons (Fsp3) is 0.462. The maximum absolute atomic E-state index is 13.2. The molecule has 2 aromatic carbocycles. The van der Waals surface area contributed by atoms with Gasteiger partial charge in [-0.3, -0.25) is 4.79 Å². The number of nitrogens with one attached hydrogen (secondary N) is 1. The van der Waals surface area contributed by atoms with Gasteiger partial charge >= 0.3 is 0 Å². The third-order valence-corrected chi connectivity index (χ3v) is 8.08. The molecule has 150 valence electrons. The molecule has 3 fully saturated rings. The molecule has 1 N–H and O–H groups in total. The average Bonchev–Trinajstić information content (AvgIpc) is 3.32. The number of hydrazone groups is 1. The number of benzene rings is 2. The van der Waals surface area contributed by atoms with E-state index in [1.165, 1.54) is 36.1 Å². The topological polar surface area (TPSA) is 41.5 Å². The van der Waals surface area contributed by atoms with Crippen LogP contribution in [0.3, 0.4) is 0 Å². The van der Waals surface area contributed by atoms with Crippen molar-refractivity contribution in [3.8, 4) is 0 Å². The molecule has 3 atom stereocenters. The lowest BCUT2D eigenvalue weighted by atomic mass is 9.71. The molecule has 5 rings (SSSR count). The number of fused-ring (bicyclic) bond motifs is 2. The van der Waals surface area contributed by atoms with Crippen LogP contribution in [-0.4, -0.2) is 11.6 Å². The minimum Gasteiger partial charge on any atom is -0.273 e. The van der Waals surface area contributed by atoms with E-state index in [1.807, 2.05) is 12.1 Å². The van der Waals surface area contributed by atoms with Crippen molar-refractivity contribution in [1.82, 2.24) is 5.43 Å². The summed E-state index contributed by atoms with van der Waals surface area (Å²) in [7, 11) is 0. The molecule has 3 nitrogen and oxygen atoms in total. The summed E-state index contributed by atoms with van der Waals surface area (Å²) in [5, 5.41) is 4.76. The molecule has 3 aliphatic carbocycles. The standard InChI is InChI=1S/C26H30N2O/c1-24(2)20-14-15-25(3,16-20)23(24)28-27-22(29)21-17-26(21,18-10-6-4-7-11-18)19-12-8-5-9-13-19/h4-13,20-21H,14-17H2,1-3H3,(H,27,29)/b28-23-/t20-,21-,25-/m1/s1. The van der Waals surface area contributed by atoms with Crippen LogP contribution in [0.1, 0.15) is 57.6 Å². The summed E-state index contributed by atoms with van der Waals surface area (Å²) < 4.78 is 0. The first kappa shape index (κ1) is 18.6. The van der Waals surface area contributed by atoms with Gasteiger partial charge in [0.25, 0.3) is 0 Å². The molecule has 3 heteroatoms. The molecule has 0 aliphatic heterocycles. The Kier molecular flexibility index (Phi) is 4.03. The van der Waals surface area contributed by atoms with Gasteiger partial charge in [0.2, 0.25) is 5.91 Å². The first-order chi connectivity index (χ1) is 13.9. The predicted octanol–water partition coefficient (Wildman–Crippen LogP) is 5.31. The normalized spacial score (nSPS) is 32.3. The maximum Gasteiger partial charge on any atom is 0.244 e. The molecule has 29 heavy (non-hydrogen) atoms. The van der Waals surface area contributed by atoms with E-state index in [2.05, 4.69) is 74.7 Å². The van der Waals surface area contributed by atoms with Crippen LogP contribution in [-0.2, 0) is 10.2 Å². The van der Waals surface area contributed by atoms with E-state index in [4.69, 9.17) is 5.10 Å². The predicted molar refractivity (Wildman–Crippen MR) is 117 cm³/mol. The Hall–Kier alpha value is -2.42. The van der Waals surface area contributed by atoms with E-state index < -0.39 is 0 Å². The fourth-order valence-corrected chi connectivity index (χ4v) is 6.37. The smallest absolute Gasteiger partial charge is 0.244 e. The van der Waals surface area contributed by atoms with Gasteiger partial charge in [-0.25, -0.2) is 5.43 Å². The van der Waals surface area contributed by atoms with E-state index in [-0.39, 0.29) is 28.1 Å². The summed E-state index contributed by atoms with van der Waals surface area (Å²) in [5.41, 5.74) is 6.62. The summed E-state index contributed by atoms with van der Waals surface area (Å²) in [5.74, 6) is 0.662. The largest absolute Gasteiger partial charge is 0.273 e. The number of carbonyl (C=O) groups is 1. The monoisotopic (exact) mass is 386 g/mol. The second-order valence-corrected chi connectivity index (χ2v) is 10.1. The Bertz CT molecular complexity index is 916. The SMILES string of the molecule is CC1(C)/C(=N/NC(=O)[C@H]2CC2(c2ccccc2)c2ccccc2)[C@]2(C)CC[C@@H]1C2. The summed E-state index contributed by atoms with van der Waals surface area (Å²) >= 11 is 0. The lowest BCUT2D eigenvalue weighted by Crippen LogP contribution is -2.38. The van der Waals surface area contributed by atoms with Gasteiger partial charge in [-0.1, -0.05) is 81.4 Å². The molecule has 2 bridgehead atoms. The number of nitrogens with zero attached hydrogens (tertiary/aromatic N) is 1. The molecule has 0 spiro atoms. The molecular weight excluding hydrogens is 356 g/mol. The van der Waals surface area contributed by atoms with Crippen molar-refractivity contribution >= 4 is 11.6 Å². The lowest BCUT2D eigenvalue weighted by molar-refractivity contribution is -0.122. The molecular formula is C26H30N2O. The molecule has 0 heterocycles. The third kappa shape index (κ3) is 2.70. The van der Waals surface area contributed by atoms with Crippen molar-refractivity contribution in [2.45, 2.75) is 51.9 Å². The summed E-state index contributed by atoms with van der Waals surface area (Å²) in [4.78, 5) is 13.2. The van der Waals surface area contributed by atoms with E-state index in [9.17, 15) is 4.79 Å². The summed E-state index contributed by atoms with van der Waals surface area (Å²) in [6, 6.07) is 20.9. The van der Waals surface area contributed by atoms with E-state index >= 15 is 0 Å². The van der Waals surface area contributed by atoms with Gasteiger partial charge in [-0.15, -0.1) is 0 Å². The quantitative estimate of drug-likeness (QED) is 0.711. The van der Waals surface area contributed by atoms with Crippen LogP contribution in [0.15, 0.2) is 65.8 Å². The van der Waals surface area contributed by atoms with E-state index in [1.54, 1.807) is 0 Å². The highest BCUT2D eigenvalue weighted by Crippen LogP contribution is 2.61. The molecule has 3 aliphatic rings. The fourth-order valence-electron chi connectivity index (χ4n) is 6.37. The zero-order chi connectivity index (χ0) is 20.3. The van der Waals surface area contributed by atoms with Gasteiger partial charge in [0, 0.05) is 16.2 Å². The van der Waals surface area contributed by atoms with Crippen molar-refractivity contribution in [2.24, 2.45) is 27.8 Å². The molecule has 0 radical (unpaired) electrons. The van der Waals surface area contributed by atoms with Gasteiger partial charge in [0.05, 0.1) is 11.6 Å². The van der Waals surface area contributed by atoms with Gasteiger partial charge in [-0.2, -0.15) is 5.10 Å². The first-order valence-electron chi connectivity index (χ1n) is 10.9. The van der Waals surface area contributed by atoms with Gasteiger partial charge in [-0.05, 0) is 42.7 Å². The molecule has 0 aromatic heterocycles. The Labute approximate surface area is 173 Å². The Morgan fingerprint density at radius 1 is 0.931 bits per heavy atom. The molecule has 2 aromatic rings. The van der Waals surface area contributed by atoms with Crippen molar-refractivity contribution in [3.05, 3.63) is 71.8 Å². The molecule has 3 saturated carbocycles. The highest BCUT2D eigenvalue weighted by molar-refractivity contribution is 5.98. The number of hydrogen-bond acceptors (Lipinski definition) is 2. The number of carbonyl (C=O) groups excluding carboxylic acids is 1. The number of amides is 1. The highest BCUT2D eigenvalue weighted by Gasteiger charge is 2.61. The molecule has 1 amide bonds. The zero-order valence-electron chi connectivity index (χ0n) is 17.6. The van der Waals surface area contributed by atoms with Crippen LogP contribution in [0.2, 0.25) is 0 Å². The van der Waals surface area contributed by atoms with Gasteiger partial charge in [0.15, 0.2) is 0 Å². The van der Waals surface area contributed by atoms with Crippen LogP contribution < -0.4 is 5.43 Å². The van der Waals surface area contributed by atoms with Crippen molar-refractivity contribution in [1.29, 1.82) is 0 Å². The second-order valence-electron chi connectivity index (χ2n) is 10.1. The van der Waals surface area contributed by atoms with Crippen molar-refractivity contribution < 1.29 is 4.79 Å². The van der Waals surface area contributed by atoms with Crippen molar-refractivity contribution in [3.63, 3.8) is 0 Å². The van der Waals surface area contributed by atoms with Crippen LogP contribution in [0.25, 0.3) is 0 Å². The number of rotatable bonds is 4. The molecule has 0 saturated heterocycles. The number of hydrogen-bond donors (Lipinski definition) is 1. The van der Waals surface area contributed by atoms with Crippen LogP contribution >= 0.6 is 0 Å². The Morgan fingerprint density at radius 3 is 2.03 bits per heavy atom. The van der Waals surface area contributed by atoms with Gasteiger partial charge in [0.1, 0.15) is 0 Å². The average molecular weight is 387 g/mol. The van der Waals surface area contributed by atoms with Crippen LogP contribution in [0.4, 0.5) is 0 Å². The maximum atomic E-state index is 13.2. The lowest BCUT2D eigenvalue weighted by Gasteiger charge is -2.35. The molecule has 0 unspecified atom stereocenters. The van der Waals surface area contributed by atoms with Crippen LogP contribution in [0, 0.1) is 22.7 Å². The zero-order valence-corrected chi connectivity index (χ0v) is 17.6. The van der Waals surface area contributed by atoms with E-state index in [0.717, 1.165) is 6.42 Å². The summed E-state index contributed by atoms with van der Waals surface area (Å²) in [6.07, 6.45) is 4.51. The minimum absolute atomic E-state index is 0.0485. The Morgan fingerprint density at radius 2 is 1.52 bits per heavy atom. The van der Waals surface area contributed by atoms with Gasteiger partial charge < -0.3 is 0 Å². The Balaban J connectivity index is 1.42. The van der Waals surface area contributed by atoms with E-state index in [0.29, 0.717) is 5.92 Å².